The van der Waals surface area contributed by atoms with Crippen LogP contribution in [0.25, 0.3) is 0 Å². The Labute approximate surface area is 101 Å². The van der Waals surface area contributed by atoms with Crippen LogP contribution in [0.15, 0.2) is 0 Å². The van der Waals surface area contributed by atoms with E-state index in [2.05, 4.69) is 4.72 Å². The molecule has 0 bridgehead atoms. The minimum atomic E-state index is -5.08. The lowest BCUT2D eigenvalue weighted by atomic mass is 10.3. The number of amides is 1. The zero-order valence-electron chi connectivity index (χ0n) is 9.32. The maximum absolute atomic E-state index is 10.6. The van der Waals surface area contributed by atoms with Gasteiger partial charge in [-0.3, -0.25) is 4.79 Å². The molecule has 4 N–H and O–H groups in total. The highest BCUT2D eigenvalue weighted by Gasteiger charge is 2.38. The predicted molar refractivity (Wildman–Crippen MR) is 55.0 cm³/mol. The lowest BCUT2D eigenvalue weighted by molar-refractivity contribution is -0.192. The van der Waals surface area contributed by atoms with Crippen LogP contribution in [-0.4, -0.2) is 44.4 Å². The fraction of sp³-hybridized carbons (Fsp3) is 0.714. The summed E-state index contributed by atoms with van der Waals surface area (Å²) in [6.45, 7) is 0.266. The Bertz CT molecular complexity index is 379. The van der Waals surface area contributed by atoms with Crippen LogP contribution >= 0.6 is 0 Å². The second-order valence-corrected chi connectivity index (χ2v) is 4.87. The fourth-order valence-electron chi connectivity index (χ4n) is 0.520. The summed E-state index contributed by atoms with van der Waals surface area (Å²) >= 11 is 0. The van der Waals surface area contributed by atoms with Gasteiger partial charge in [-0.1, -0.05) is 0 Å². The molecule has 0 aromatic rings. The van der Waals surface area contributed by atoms with Gasteiger partial charge < -0.3 is 10.8 Å². The van der Waals surface area contributed by atoms with Gasteiger partial charge in [-0.05, 0) is 6.42 Å². The topological polar surface area (TPSA) is 127 Å². The third-order valence-corrected chi connectivity index (χ3v) is 1.94. The summed E-state index contributed by atoms with van der Waals surface area (Å²) in [5.74, 6) is -3.17. The van der Waals surface area contributed by atoms with Crippen LogP contribution in [0, 0.1) is 0 Å². The van der Waals surface area contributed by atoms with E-state index >= 15 is 0 Å². The number of halogens is 3. The summed E-state index contributed by atoms with van der Waals surface area (Å²) in [7, 11) is -3.12. The average molecular weight is 294 g/mol. The first-order chi connectivity index (χ1) is 7.86. The number of carbonyl (C=O) groups is 2. The van der Waals surface area contributed by atoms with Crippen molar-refractivity contribution in [2.75, 3.05) is 12.8 Å². The predicted octanol–water partition coefficient (Wildman–Crippen LogP) is -0.566. The van der Waals surface area contributed by atoms with Crippen molar-refractivity contribution in [3.05, 3.63) is 0 Å². The Balaban J connectivity index is 0. The third kappa shape index (κ3) is 17.0. The van der Waals surface area contributed by atoms with Gasteiger partial charge in [-0.25, -0.2) is 17.9 Å². The van der Waals surface area contributed by atoms with E-state index in [4.69, 9.17) is 15.6 Å². The zero-order valence-corrected chi connectivity index (χ0v) is 10.1. The molecule has 0 unspecified atom stereocenters. The first-order valence-corrected chi connectivity index (χ1v) is 6.28. The smallest absolute Gasteiger partial charge is 0.475 e. The Kier molecular flexibility index (Phi) is 8.30. The molecule has 0 saturated carbocycles. The molecule has 18 heavy (non-hydrogen) atoms. The summed E-state index contributed by atoms with van der Waals surface area (Å²) in [5.41, 5.74) is 4.83. The van der Waals surface area contributed by atoms with E-state index in [9.17, 15) is 26.4 Å². The molecule has 108 valence electrons. The lowest BCUT2D eigenvalue weighted by Gasteiger charge is -1.98. The average Bonchev–Trinajstić information content (AvgIpc) is 2.10. The van der Waals surface area contributed by atoms with Gasteiger partial charge in [0.25, 0.3) is 0 Å². The second-order valence-electron chi connectivity index (χ2n) is 3.04. The van der Waals surface area contributed by atoms with Gasteiger partial charge >= 0.3 is 12.1 Å². The summed E-state index contributed by atoms with van der Waals surface area (Å²) in [4.78, 5) is 19.1. The first-order valence-electron chi connectivity index (χ1n) is 4.39. The molecule has 0 aliphatic rings. The molecule has 0 aromatic heterocycles. The maximum atomic E-state index is 10.6. The van der Waals surface area contributed by atoms with Gasteiger partial charge in [0, 0.05) is 13.0 Å². The molecular formula is C7H13F3N2O5S. The molecule has 7 nitrogen and oxygen atoms in total. The summed E-state index contributed by atoms with van der Waals surface area (Å²) in [6, 6.07) is 0. The SMILES string of the molecule is CS(=O)(=O)NCCCC(N)=O.O=C(O)C(F)(F)F. The lowest BCUT2D eigenvalue weighted by Crippen LogP contribution is -2.24. The van der Waals surface area contributed by atoms with E-state index in [1.807, 2.05) is 0 Å². The molecular weight excluding hydrogens is 281 g/mol. The normalized spacial score (nSPS) is 11.3. The van der Waals surface area contributed by atoms with Gasteiger partial charge in [-0.15, -0.1) is 0 Å². The molecule has 0 fully saturated rings. The summed E-state index contributed by atoms with van der Waals surface area (Å²) < 4.78 is 54.9. The molecule has 0 aromatic carbocycles. The van der Waals surface area contributed by atoms with Crippen LogP contribution in [0.1, 0.15) is 12.8 Å². The van der Waals surface area contributed by atoms with Crippen LogP contribution in [0.4, 0.5) is 13.2 Å². The van der Waals surface area contributed by atoms with Crippen LogP contribution in [0.2, 0.25) is 0 Å². The van der Waals surface area contributed by atoms with E-state index in [-0.39, 0.29) is 13.0 Å². The standard InChI is InChI=1S/C5H12N2O3S.C2HF3O2/c1-11(9,10)7-4-2-3-5(6)8;3-2(4,5)1(6)7/h7H,2-4H2,1H3,(H2,6,8);(H,6,7). The highest BCUT2D eigenvalue weighted by Crippen LogP contribution is 2.13. The van der Waals surface area contributed by atoms with Crippen molar-refractivity contribution in [1.29, 1.82) is 0 Å². The van der Waals surface area contributed by atoms with Gasteiger partial charge in [-0.2, -0.15) is 13.2 Å². The van der Waals surface area contributed by atoms with Crippen LogP contribution < -0.4 is 10.5 Å². The molecule has 0 spiro atoms. The number of rotatable bonds is 5. The number of nitrogens with one attached hydrogen (secondary N) is 1. The Morgan fingerprint density at radius 1 is 1.33 bits per heavy atom. The molecule has 0 atom stereocenters. The number of carboxylic acids is 1. The van der Waals surface area contributed by atoms with Crippen molar-refractivity contribution in [2.24, 2.45) is 5.73 Å². The Hall–Kier alpha value is -1.36. The molecule has 0 aliphatic heterocycles. The molecule has 1 amide bonds. The third-order valence-electron chi connectivity index (χ3n) is 1.21. The van der Waals surface area contributed by atoms with Crippen LogP contribution in [0.3, 0.4) is 0 Å². The molecule has 0 radical (unpaired) electrons. The van der Waals surface area contributed by atoms with Crippen molar-refractivity contribution < 1.29 is 36.3 Å². The summed E-state index contributed by atoms with van der Waals surface area (Å²) in [5, 5.41) is 7.12. The summed E-state index contributed by atoms with van der Waals surface area (Å²) in [6.07, 6.45) is -3.36. The van der Waals surface area contributed by atoms with Crippen LogP contribution in [0.5, 0.6) is 0 Å². The van der Waals surface area contributed by atoms with Crippen molar-refractivity contribution in [1.82, 2.24) is 4.72 Å². The molecule has 0 saturated heterocycles. The largest absolute Gasteiger partial charge is 0.490 e. The van der Waals surface area contributed by atoms with Gasteiger partial charge in [0.1, 0.15) is 0 Å². The number of primary amides is 1. The minimum Gasteiger partial charge on any atom is -0.475 e. The van der Waals surface area contributed by atoms with E-state index in [1.165, 1.54) is 0 Å². The highest BCUT2D eigenvalue weighted by molar-refractivity contribution is 7.88. The monoisotopic (exact) mass is 294 g/mol. The van der Waals surface area contributed by atoms with Crippen molar-refractivity contribution in [3.8, 4) is 0 Å². The second kappa shape index (κ2) is 7.87. The zero-order chi connectivity index (χ0) is 15.0. The van der Waals surface area contributed by atoms with E-state index in [0.29, 0.717) is 6.42 Å². The fourth-order valence-corrected chi connectivity index (χ4v) is 1.04. The van der Waals surface area contributed by atoms with Gasteiger partial charge in [0.2, 0.25) is 15.9 Å². The van der Waals surface area contributed by atoms with Gasteiger partial charge in [0.05, 0.1) is 6.26 Å². The quantitative estimate of drug-likeness (QED) is 0.585. The van der Waals surface area contributed by atoms with E-state index in [1.54, 1.807) is 0 Å². The molecule has 0 aliphatic carbocycles. The van der Waals surface area contributed by atoms with E-state index < -0.39 is 28.1 Å². The first kappa shape index (κ1) is 19.0. The Morgan fingerprint density at radius 3 is 1.94 bits per heavy atom. The molecule has 0 rings (SSSR count). The van der Waals surface area contributed by atoms with Gasteiger partial charge in [0.15, 0.2) is 0 Å². The highest BCUT2D eigenvalue weighted by atomic mass is 32.2. The minimum absolute atomic E-state index is 0.211. The number of sulfonamides is 1. The number of carboxylic acid groups (broad SMARTS) is 1. The Morgan fingerprint density at radius 2 is 1.72 bits per heavy atom. The number of alkyl halides is 3. The number of carbonyl (C=O) groups excluding carboxylic acids is 1. The number of nitrogens with two attached hydrogens (primary N) is 1. The molecule has 11 heteroatoms. The number of hydrogen-bond donors (Lipinski definition) is 3. The van der Waals surface area contributed by atoms with Crippen molar-refractivity contribution in [3.63, 3.8) is 0 Å². The number of hydrogen-bond acceptors (Lipinski definition) is 4. The molecule has 0 heterocycles. The van der Waals surface area contributed by atoms with Crippen molar-refractivity contribution in [2.45, 2.75) is 19.0 Å². The van der Waals surface area contributed by atoms with Crippen LogP contribution in [-0.2, 0) is 19.6 Å². The van der Waals surface area contributed by atoms with Crippen molar-refractivity contribution >= 4 is 21.9 Å². The van der Waals surface area contributed by atoms with E-state index in [0.717, 1.165) is 6.26 Å². The number of aliphatic carboxylic acids is 1. The maximum Gasteiger partial charge on any atom is 0.490 e.